The monoisotopic (exact) mass is 268 g/mol. The molecule has 0 bridgehead atoms. The lowest BCUT2D eigenvalue weighted by atomic mass is 10.1. The molecule has 1 saturated carbocycles. The van der Waals surface area contributed by atoms with Crippen molar-refractivity contribution in [1.82, 2.24) is 4.98 Å². The van der Waals surface area contributed by atoms with E-state index in [0.29, 0.717) is 12.6 Å². The second-order valence-electron chi connectivity index (χ2n) is 5.01. The molecule has 3 rings (SSSR count). The van der Waals surface area contributed by atoms with Crippen molar-refractivity contribution in [2.75, 3.05) is 11.4 Å². The first-order valence-corrected chi connectivity index (χ1v) is 6.71. The highest BCUT2D eigenvalue weighted by Gasteiger charge is 2.32. The van der Waals surface area contributed by atoms with Gasteiger partial charge in [0.2, 0.25) is 0 Å². The Morgan fingerprint density at radius 2 is 2.20 bits per heavy atom. The maximum Gasteiger partial charge on any atom is 0.339 e. The molecule has 4 heteroatoms. The molecule has 0 amide bonds. The largest absolute Gasteiger partial charge is 0.478 e. The molecule has 1 aromatic carbocycles. The molecule has 4 nitrogen and oxygen atoms in total. The smallest absolute Gasteiger partial charge is 0.339 e. The van der Waals surface area contributed by atoms with E-state index in [1.807, 2.05) is 30.3 Å². The lowest BCUT2D eigenvalue weighted by Gasteiger charge is -2.26. The minimum Gasteiger partial charge on any atom is -0.478 e. The highest BCUT2D eigenvalue weighted by atomic mass is 16.4. The second kappa shape index (κ2) is 4.96. The highest BCUT2D eigenvalue weighted by molar-refractivity contribution is 6.04. The van der Waals surface area contributed by atoms with E-state index in [1.165, 1.54) is 6.20 Å². The van der Waals surface area contributed by atoms with Gasteiger partial charge >= 0.3 is 5.97 Å². The van der Waals surface area contributed by atoms with Gasteiger partial charge in [0.05, 0.1) is 11.2 Å². The molecule has 0 atom stereocenters. The van der Waals surface area contributed by atoms with Crippen LogP contribution >= 0.6 is 0 Å². The normalized spacial score (nSPS) is 14.2. The Hall–Kier alpha value is -2.36. The topological polar surface area (TPSA) is 53.4 Å². The van der Waals surface area contributed by atoms with Crippen LogP contribution in [-0.4, -0.2) is 28.6 Å². The number of carbonyl (C=O) groups is 1. The summed E-state index contributed by atoms with van der Waals surface area (Å²) in [7, 11) is 0. The fourth-order valence-electron chi connectivity index (χ4n) is 2.54. The maximum atomic E-state index is 11.5. The average molecular weight is 268 g/mol. The molecule has 1 aromatic heterocycles. The summed E-state index contributed by atoms with van der Waals surface area (Å²) in [6, 6.07) is 8.08. The molecule has 0 saturated heterocycles. The van der Waals surface area contributed by atoms with E-state index in [1.54, 1.807) is 0 Å². The molecule has 2 aromatic rings. The van der Waals surface area contributed by atoms with Crippen LogP contribution in [0, 0.1) is 0 Å². The van der Waals surface area contributed by atoms with Crippen LogP contribution in [0.25, 0.3) is 10.9 Å². The zero-order chi connectivity index (χ0) is 14.1. The Kier molecular flexibility index (Phi) is 3.14. The Bertz CT molecular complexity index is 677. The fraction of sp³-hybridized carbons (Fsp3) is 0.250. The first-order valence-electron chi connectivity index (χ1n) is 6.71. The zero-order valence-electron chi connectivity index (χ0n) is 11.1. The predicted molar refractivity (Wildman–Crippen MR) is 79.3 cm³/mol. The van der Waals surface area contributed by atoms with E-state index in [9.17, 15) is 9.90 Å². The van der Waals surface area contributed by atoms with Crippen molar-refractivity contribution in [3.8, 4) is 0 Å². The Balaban J connectivity index is 2.25. The molecule has 0 spiro atoms. The number of nitrogens with zero attached hydrogens (tertiary/aromatic N) is 2. The van der Waals surface area contributed by atoms with Gasteiger partial charge in [-0.2, -0.15) is 0 Å². The van der Waals surface area contributed by atoms with E-state index in [0.717, 1.165) is 29.4 Å². The number of pyridine rings is 1. The zero-order valence-corrected chi connectivity index (χ0v) is 11.1. The summed E-state index contributed by atoms with van der Waals surface area (Å²) in [6.07, 6.45) is 5.48. The van der Waals surface area contributed by atoms with Gasteiger partial charge in [-0.25, -0.2) is 4.79 Å². The van der Waals surface area contributed by atoms with Crippen LogP contribution in [0.3, 0.4) is 0 Å². The molecule has 0 radical (unpaired) electrons. The number of aromatic carboxylic acids is 1. The summed E-state index contributed by atoms with van der Waals surface area (Å²) >= 11 is 0. The number of carboxylic acid groups (broad SMARTS) is 1. The van der Waals surface area contributed by atoms with Crippen molar-refractivity contribution in [2.45, 2.75) is 18.9 Å². The molecule has 1 N–H and O–H groups in total. The van der Waals surface area contributed by atoms with Crippen molar-refractivity contribution in [3.05, 3.63) is 48.7 Å². The van der Waals surface area contributed by atoms with E-state index >= 15 is 0 Å². The van der Waals surface area contributed by atoms with Crippen molar-refractivity contribution in [3.63, 3.8) is 0 Å². The average Bonchev–Trinajstić information content (AvgIpc) is 3.28. The number of fused-ring (bicyclic) bond motifs is 1. The second-order valence-corrected chi connectivity index (χ2v) is 5.01. The summed E-state index contributed by atoms with van der Waals surface area (Å²) in [5, 5.41) is 10.3. The third-order valence-electron chi connectivity index (χ3n) is 3.58. The van der Waals surface area contributed by atoms with Crippen molar-refractivity contribution in [2.24, 2.45) is 0 Å². The number of hydrogen-bond donors (Lipinski definition) is 1. The third-order valence-corrected chi connectivity index (χ3v) is 3.58. The summed E-state index contributed by atoms with van der Waals surface area (Å²) in [5.74, 6) is -0.937. The number of carboxylic acids is 1. The number of aromatic nitrogens is 1. The van der Waals surface area contributed by atoms with Crippen LogP contribution < -0.4 is 4.90 Å². The summed E-state index contributed by atoms with van der Waals surface area (Å²) in [6.45, 7) is 4.44. The van der Waals surface area contributed by atoms with Gasteiger partial charge in [-0.1, -0.05) is 24.3 Å². The standard InChI is InChI=1S/C16H16N2O2/c1-2-9-18(11-7-8-11)15-12-5-3-4-6-14(12)17-10-13(15)16(19)20/h2-6,10-11H,1,7-9H2,(H,19,20). The van der Waals surface area contributed by atoms with Gasteiger partial charge < -0.3 is 10.0 Å². The first-order chi connectivity index (χ1) is 9.72. The van der Waals surface area contributed by atoms with Crippen LogP contribution in [0.1, 0.15) is 23.2 Å². The highest BCUT2D eigenvalue weighted by Crippen LogP contribution is 2.37. The summed E-state index contributed by atoms with van der Waals surface area (Å²) in [5.41, 5.74) is 1.85. The van der Waals surface area contributed by atoms with Crippen molar-refractivity contribution in [1.29, 1.82) is 0 Å². The fourth-order valence-corrected chi connectivity index (χ4v) is 2.54. The lowest BCUT2D eigenvalue weighted by Crippen LogP contribution is -2.28. The van der Waals surface area contributed by atoms with Crippen LogP contribution in [0.2, 0.25) is 0 Å². The van der Waals surface area contributed by atoms with Crippen molar-refractivity contribution < 1.29 is 9.90 Å². The molecular formula is C16H16N2O2. The number of benzene rings is 1. The molecule has 1 aliphatic rings. The molecule has 0 aliphatic heterocycles. The lowest BCUT2D eigenvalue weighted by molar-refractivity contribution is 0.0697. The van der Waals surface area contributed by atoms with Crippen LogP contribution in [0.4, 0.5) is 5.69 Å². The third kappa shape index (κ3) is 2.13. The van der Waals surface area contributed by atoms with E-state index in [-0.39, 0.29) is 5.56 Å². The molecule has 1 heterocycles. The maximum absolute atomic E-state index is 11.5. The minimum absolute atomic E-state index is 0.262. The van der Waals surface area contributed by atoms with Gasteiger partial charge in [0.1, 0.15) is 5.56 Å². The Labute approximate surface area is 117 Å². The molecular weight excluding hydrogens is 252 g/mol. The summed E-state index contributed by atoms with van der Waals surface area (Å²) in [4.78, 5) is 17.9. The molecule has 102 valence electrons. The Morgan fingerprint density at radius 3 is 2.85 bits per heavy atom. The van der Waals surface area contributed by atoms with Crippen molar-refractivity contribution >= 4 is 22.6 Å². The SMILES string of the molecule is C=CCN(c1c(C(=O)O)cnc2ccccc12)C1CC1. The minimum atomic E-state index is -0.937. The predicted octanol–water partition coefficient (Wildman–Crippen LogP) is 3.09. The first kappa shape index (κ1) is 12.7. The van der Waals surface area contributed by atoms with E-state index in [4.69, 9.17) is 0 Å². The van der Waals surface area contributed by atoms with E-state index in [2.05, 4.69) is 16.5 Å². The van der Waals surface area contributed by atoms with Gasteiger partial charge in [-0.3, -0.25) is 4.98 Å². The molecule has 1 aliphatic carbocycles. The number of hydrogen-bond acceptors (Lipinski definition) is 3. The van der Waals surface area contributed by atoms with Gasteiger partial charge in [-0.05, 0) is 18.9 Å². The van der Waals surface area contributed by atoms with Crippen LogP contribution in [-0.2, 0) is 0 Å². The molecule has 20 heavy (non-hydrogen) atoms. The molecule has 0 unspecified atom stereocenters. The van der Waals surface area contributed by atoms with E-state index < -0.39 is 5.97 Å². The van der Waals surface area contributed by atoms with Gasteiger partial charge in [0.15, 0.2) is 0 Å². The summed E-state index contributed by atoms with van der Waals surface area (Å²) < 4.78 is 0. The molecule has 1 fully saturated rings. The van der Waals surface area contributed by atoms with Crippen LogP contribution in [0.15, 0.2) is 43.1 Å². The van der Waals surface area contributed by atoms with Gasteiger partial charge in [0.25, 0.3) is 0 Å². The quantitative estimate of drug-likeness (QED) is 0.847. The van der Waals surface area contributed by atoms with Gasteiger partial charge in [0, 0.05) is 24.2 Å². The number of para-hydroxylation sites is 1. The Morgan fingerprint density at radius 1 is 1.45 bits per heavy atom. The van der Waals surface area contributed by atoms with Crippen LogP contribution in [0.5, 0.6) is 0 Å². The van der Waals surface area contributed by atoms with Gasteiger partial charge in [-0.15, -0.1) is 6.58 Å². The number of rotatable bonds is 5. The number of anilines is 1.